The molecule has 0 aliphatic heterocycles. The number of nitrogens with two attached hydrogens (primary N) is 1. The van der Waals surface area contributed by atoms with E-state index in [9.17, 15) is 4.79 Å². The van der Waals surface area contributed by atoms with E-state index in [0.29, 0.717) is 40.4 Å². The molecule has 0 fully saturated rings. The molecule has 0 amide bonds. The lowest BCUT2D eigenvalue weighted by molar-refractivity contribution is 0.0960. The van der Waals surface area contributed by atoms with Crippen LogP contribution in [-0.2, 0) is 0 Å². The Bertz CT molecular complexity index is 1310. The van der Waals surface area contributed by atoms with Crippen molar-refractivity contribution >= 4 is 39.7 Å². The van der Waals surface area contributed by atoms with Crippen LogP contribution in [-0.4, -0.2) is 41.5 Å². The average Bonchev–Trinajstić information content (AvgIpc) is 3.11. The number of pyridine rings is 1. The zero-order valence-corrected chi connectivity index (χ0v) is 17.5. The van der Waals surface area contributed by atoms with Gasteiger partial charge in [-0.1, -0.05) is 6.07 Å². The van der Waals surface area contributed by atoms with E-state index >= 15 is 0 Å². The van der Waals surface area contributed by atoms with Crippen LogP contribution in [0, 0.1) is 0 Å². The van der Waals surface area contributed by atoms with Crippen molar-refractivity contribution in [1.29, 1.82) is 0 Å². The number of nitrogens with zero attached hydrogens (tertiary/aromatic N) is 3. The molecular weight excluding hydrogens is 396 g/mol. The standard InChI is InChI=1S/C23H22N4O4/c1-4-31-19-9-5-14(11-20(19)30-3)6-10-21(28)27-23-17(22(24)26-27)12-15-7-8-16(29-2)13-18(15)25-23/h5-13H,4H2,1-3H3,(H2,24,26). The lowest BCUT2D eigenvalue weighted by atomic mass is 10.1. The second-order valence-corrected chi connectivity index (χ2v) is 6.73. The molecule has 2 heterocycles. The lowest BCUT2D eigenvalue weighted by Gasteiger charge is -2.09. The van der Waals surface area contributed by atoms with E-state index in [0.717, 1.165) is 10.9 Å². The van der Waals surface area contributed by atoms with Crippen molar-refractivity contribution in [2.45, 2.75) is 6.92 Å². The lowest BCUT2D eigenvalue weighted by Crippen LogP contribution is -2.10. The van der Waals surface area contributed by atoms with Gasteiger partial charge < -0.3 is 19.9 Å². The van der Waals surface area contributed by atoms with E-state index in [2.05, 4.69) is 10.1 Å². The summed E-state index contributed by atoms with van der Waals surface area (Å²) in [5.41, 5.74) is 7.90. The van der Waals surface area contributed by atoms with Crippen LogP contribution in [0.2, 0.25) is 0 Å². The minimum atomic E-state index is -0.371. The molecule has 4 aromatic rings. The average molecular weight is 418 g/mol. The molecule has 8 heteroatoms. The summed E-state index contributed by atoms with van der Waals surface area (Å²) < 4.78 is 17.3. The van der Waals surface area contributed by atoms with Crippen LogP contribution < -0.4 is 19.9 Å². The van der Waals surface area contributed by atoms with Crippen LogP contribution in [0.15, 0.2) is 48.5 Å². The number of hydrogen-bond acceptors (Lipinski definition) is 7. The van der Waals surface area contributed by atoms with Gasteiger partial charge >= 0.3 is 0 Å². The first-order chi connectivity index (χ1) is 15.0. The van der Waals surface area contributed by atoms with E-state index in [4.69, 9.17) is 19.9 Å². The smallest absolute Gasteiger partial charge is 0.272 e. The van der Waals surface area contributed by atoms with Gasteiger partial charge in [-0.05, 0) is 48.9 Å². The molecule has 31 heavy (non-hydrogen) atoms. The number of hydrogen-bond donors (Lipinski definition) is 1. The second-order valence-electron chi connectivity index (χ2n) is 6.73. The van der Waals surface area contributed by atoms with Crippen molar-refractivity contribution in [2.24, 2.45) is 0 Å². The highest BCUT2D eigenvalue weighted by Crippen LogP contribution is 2.29. The van der Waals surface area contributed by atoms with Crippen molar-refractivity contribution in [2.75, 3.05) is 26.6 Å². The van der Waals surface area contributed by atoms with Crippen LogP contribution in [0.1, 0.15) is 17.3 Å². The quantitative estimate of drug-likeness (QED) is 0.473. The van der Waals surface area contributed by atoms with E-state index < -0.39 is 0 Å². The predicted octanol–water partition coefficient (Wildman–Crippen LogP) is 3.94. The number of carbonyl (C=O) groups is 1. The van der Waals surface area contributed by atoms with Gasteiger partial charge in [-0.25, -0.2) is 4.98 Å². The fourth-order valence-electron chi connectivity index (χ4n) is 3.28. The van der Waals surface area contributed by atoms with Crippen molar-refractivity contribution in [3.05, 3.63) is 54.1 Å². The molecule has 0 aliphatic rings. The van der Waals surface area contributed by atoms with Crippen LogP contribution in [0.5, 0.6) is 17.2 Å². The Kier molecular flexibility index (Phi) is 5.44. The summed E-state index contributed by atoms with van der Waals surface area (Å²) in [6, 6.07) is 12.8. The highest BCUT2D eigenvalue weighted by atomic mass is 16.5. The number of aromatic nitrogens is 3. The maximum Gasteiger partial charge on any atom is 0.272 e. The Morgan fingerprint density at radius 1 is 1.10 bits per heavy atom. The highest BCUT2D eigenvalue weighted by molar-refractivity contribution is 6.04. The summed E-state index contributed by atoms with van der Waals surface area (Å²) in [4.78, 5) is 17.5. The number of rotatable bonds is 6. The molecule has 0 radical (unpaired) electrons. The number of allylic oxidation sites excluding steroid dienone is 1. The Hall–Kier alpha value is -4.07. The SMILES string of the molecule is CCOc1ccc(C=CC(=O)n2nc(N)c3cc4ccc(OC)cc4nc32)cc1OC. The number of carbonyl (C=O) groups excluding carboxylic acids is 1. The normalized spacial score (nSPS) is 11.3. The third-order valence-electron chi connectivity index (χ3n) is 4.80. The molecule has 0 unspecified atom stereocenters. The van der Waals surface area contributed by atoms with Gasteiger partial charge in [-0.2, -0.15) is 4.68 Å². The van der Waals surface area contributed by atoms with Gasteiger partial charge in [-0.3, -0.25) is 4.79 Å². The number of fused-ring (bicyclic) bond motifs is 2. The molecule has 0 atom stereocenters. The number of methoxy groups -OCH3 is 2. The van der Waals surface area contributed by atoms with Crippen molar-refractivity contribution < 1.29 is 19.0 Å². The monoisotopic (exact) mass is 418 g/mol. The molecule has 2 aromatic carbocycles. The number of anilines is 1. The summed E-state index contributed by atoms with van der Waals surface area (Å²) in [7, 11) is 3.16. The van der Waals surface area contributed by atoms with Crippen molar-refractivity contribution in [3.8, 4) is 17.2 Å². The molecular formula is C23H22N4O4. The van der Waals surface area contributed by atoms with Gasteiger partial charge in [0.2, 0.25) is 0 Å². The molecule has 0 saturated carbocycles. The minimum absolute atomic E-state index is 0.240. The van der Waals surface area contributed by atoms with Gasteiger partial charge in [0.15, 0.2) is 23.0 Å². The first-order valence-corrected chi connectivity index (χ1v) is 9.70. The molecule has 0 spiro atoms. The molecule has 8 nitrogen and oxygen atoms in total. The van der Waals surface area contributed by atoms with Crippen LogP contribution in [0.25, 0.3) is 28.0 Å². The summed E-state index contributed by atoms with van der Waals surface area (Å²) in [5.74, 6) is 1.78. The van der Waals surface area contributed by atoms with Gasteiger partial charge in [0.1, 0.15) is 5.75 Å². The zero-order chi connectivity index (χ0) is 22.0. The molecule has 0 aliphatic carbocycles. The fourth-order valence-corrected chi connectivity index (χ4v) is 3.28. The maximum atomic E-state index is 12.9. The van der Waals surface area contributed by atoms with E-state index in [-0.39, 0.29) is 11.7 Å². The fraction of sp³-hybridized carbons (Fsp3) is 0.174. The Morgan fingerprint density at radius 3 is 2.68 bits per heavy atom. The molecule has 0 saturated heterocycles. The molecule has 2 N–H and O–H groups in total. The number of benzene rings is 2. The molecule has 4 rings (SSSR count). The Morgan fingerprint density at radius 2 is 1.94 bits per heavy atom. The maximum absolute atomic E-state index is 12.9. The largest absolute Gasteiger partial charge is 0.497 e. The van der Waals surface area contributed by atoms with E-state index in [1.54, 1.807) is 38.5 Å². The first kappa shape index (κ1) is 20.2. The Labute approximate surface area is 178 Å². The summed E-state index contributed by atoms with van der Waals surface area (Å²) in [5, 5.41) is 5.69. The first-order valence-electron chi connectivity index (χ1n) is 9.70. The molecule has 158 valence electrons. The van der Waals surface area contributed by atoms with E-state index in [1.165, 1.54) is 10.8 Å². The van der Waals surface area contributed by atoms with Crippen LogP contribution in [0.4, 0.5) is 5.82 Å². The van der Waals surface area contributed by atoms with Gasteiger partial charge in [0, 0.05) is 17.5 Å². The van der Waals surface area contributed by atoms with Crippen LogP contribution in [0.3, 0.4) is 0 Å². The third-order valence-corrected chi connectivity index (χ3v) is 4.80. The molecule has 0 bridgehead atoms. The second kappa shape index (κ2) is 8.35. The van der Waals surface area contributed by atoms with Crippen molar-refractivity contribution in [3.63, 3.8) is 0 Å². The highest BCUT2D eigenvalue weighted by Gasteiger charge is 2.15. The predicted molar refractivity (Wildman–Crippen MR) is 120 cm³/mol. The van der Waals surface area contributed by atoms with Gasteiger partial charge in [0.25, 0.3) is 5.91 Å². The number of ether oxygens (including phenoxy) is 3. The van der Waals surface area contributed by atoms with Gasteiger partial charge in [-0.15, -0.1) is 5.10 Å². The minimum Gasteiger partial charge on any atom is -0.497 e. The topological polar surface area (TPSA) is 101 Å². The summed E-state index contributed by atoms with van der Waals surface area (Å²) in [6.07, 6.45) is 3.09. The van der Waals surface area contributed by atoms with Crippen molar-refractivity contribution in [1.82, 2.24) is 14.8 Å². The Balaban J connectivity index is 1.69. The third kappa shape index (κ3) is 3.87. The van der Waals surface area contributed by atoms with Crippen LogP contribution >= 0.6 is 0 Å². The molecule has 2 aromatic heterocycles. The van der Waals surface area contributed by atoms with E-state index in [1.807, 2.05) is 31.2 Å². The summed E-state index contributed by atoms with van der Waals surface area (Å²) >= 11 is 0. The zero-order valence-electron chi connectivity index (χ0n) is 17.5. The van der Waals surface area contributed by atoms with Gasteiger partial charge in [0.05, 0.1) is 31.7 Å². The number of nitrogen functional groups attached to an aromatic ring is 1. The summed E-state index contributed by atoms with van der Waals surface area (Å²) in [6.45, 7) is 2.44.